The number of esters is 1. The molecular formula is C10H14O5. The Hall–Kier alpha value is -0.910. The second kappa shape index (κ2) is 3.92. The predicted molar refractivity (Wildman–Crippen MR) is 49.9 cm³/mol. The van der Waals surface area contributed by atoms with Crippen molar-refractivity contribution in [2.24, 2.45) is 5.92 Å². The molecule has 0 amide bonds. The normalized spacial score (nSPS) is 33.8. The van der Waals surface area contributed by atoms with Gasteiger partial charge in [0.2, 0.25) is 0 Å². The highest BCUT2D eigenvalue weighted by molar-refractivity contribution is 5.86. The van der Waals surface area contributed by atoms with Gasteiger partial charge in [-0.2, -0.15) is 0 Å². The predicted octanol–water partition coefficient (Wildman–Crippen LogP) is 0.453. The van der Waals surface area contributed by atoms with Crippen LogP contribution in [0.15, 0.2) is 12.2 Å². The van der Waals surface area contributed by atoms with Crippen molar-refractivity contribution in [1.29, 1.82) is 0 Å². The van der Waals surface area contributed by atoms with E-state index in [0.29, 0.717) is 31.3 Å². The van der Waals surface area contributed by atoms with Gasteiger partial charge in [0.1, 0.15) is 0 Å². The molecule has 0 saturated carbocycles. The topological polar surface area (TPSA) is 54.0 Å². The highest BCUT2D eigenvalue weighted by atomic mass is 16.9. The molecule has 0 aromatic rings. The highest BCUT2D eigenvalue weighted by Crippen LogP contribution is 2.30. The second-order valence-electron chi connectivity index (χ2n) is 3.84. The highest BCUT2D eigenvalue weighted by Gasteiger charge is 2.45. The first-order valence-electron chi connectivity index (χ1n) is 4.86. The summed E-state index contributed by atoms with van der Waals surface area (Å²) < 4.78 is 21.0. The lowest BCUT2D eigenvalue weighted by molar-refractivity contribution is -0.455. The van der Waals surface area contributed by atoms with Gasteiger partial charge >= 0.3 is 11.9 Å². The Morgan fingerprint density at radius 3 is 2.40 bits per heavy atom. The zero-order valence-corrected chi connectivity index (χ0v) is 8.65. The summed E-state index contributed by atoms with van der Waals surface area (Å²) >= 11 is 0. The minimum atomic E-state index is -1.18. The van der Waals surface area contributed by atoms with Crippen LogP contribution in [0.2, 0.25) is 0 Å². The molecule has 0 atom stereocenters. The van der Waals surface area contributed by atoms with Crippen molar-refractivity contribution in [2.45, 2.75) is 12.9 Å². The van der Waals surface area contributed by atoms with Gasteiger partial charge in [0.25, 0.3) is 0 Å². The van der Waals surface area contributed by atoms with Crippen LogP contribution < -0.4 is 0 Å². The number of hydrogen-bond donors (Lipinski definition) is 0. The van der Waals surface area contributed by atoms with E-state index in [0.717, 1.165) is 0 Å². The van der Waals surface area contributed by atoms with E-state index in [9.17, 15) is 4.79 Å². The molecule has 0 radical (unpaired) electrons. The maximum atomic E-state index is 11.2. The zero-order valence-electron chi connectivity index (χ0n) is 8.65. The van der Waals surface area contributed by atoms with Crippen molar-refractivity contribution < 1.29 is 23.7 Å². The lowest BCUT2D eigenvalue weighted by atomic mass is 10.1. The van der Waals surface area contributed by atoms with Crippen molar-refractivity contribution >= 4 is 5.97 Å². The molecule has 3 fully saturated rings. The van der Waals surface area contributed by atoms with E-state index in [1.165, 1.54) is 0 Å². The van der Waals surface area contributed by atoms with Gasteiger partial charge < -0.3 is 18.9 Å². The maximum absolute atomic E-state index is 11.2. The molecule has 3 rings (SSSR count). The SMILES string of the molecule is C=C(C)C(=O)OCC12OCC(CO1)CO2. The summed E-state index contributed by atoms with van der Waals surface area (Å²) in [5.74, 6) is -1.35. The van der Waals surface area contributed by atoms with E-state index in [2.05, 4.69) is 6.58 Å². The van der Waals surface area contributed by atoms with E-state index >= 15 is 0 Å². The molecule has 15 heavy (non-hydrogen) atoms. The van der Waals surface area contributed by atoms with E-state index in [1.54, 1.807) is 6.92 Å². The van der Waals surface area contributed by atoms with E-state index in [1.807, 2.05) is 0 Å². The fraction of sp³-hybridized carbons (Fsp3) is 0.700. The molecule has 0 N–H and O–H groups in total. The average Bonchev–Trinajstić information content (AvgIpc) is 2.28. The summed E-state index contributed by atoms with van der Waals surface area (Å²) in [7, 11) is 0. The molecule has 5 heteroatoms. The third-order valence-electron chi connectivity index (χ3n) is 2.35. The molecule has 3 aliphatic rings. The van der Waals surface area contributed by atoms with Crippen LogP contribution in [0.4, 0.5) is 0 Å². The summed E-state index contributed by atoms with van der Waals surface area (Å²) in [5.41, 5.74) is 0.343. The quantitative estimate of drug-likeness (QED) is 0.504. The fourth-order valence-corrected chi connectivity index (χ4v) is 1.41. The fourth-order valence-electron chi connectivity index (χ4n) is 1.41. The molecule has 0 aromatic carbocycles. The van der Waals surface area contributed by atoms with Gasteiger partial charge in [-0.3, -0.25) is 0 Å². The lowest BCUT2D eigenvalue weighted by Crippen LogP contribution is -2.56. The first-order chi connectivity index (χ1) is 7.11. The first-order valence-corrected chi connectivity index (χ1v) is 4.86. The maximum Gasteiger partial charge on any atom is 0.333 e. The average molecular weight is 214 g/mol. The number of rotatable bonds is 3. The van der Waals surface area contributed by atoms with Crippen molar-refractivity contribution in [3.05, 3.63) is 12.2 Å². The molecular weight excluding hydrogens is 200 g/mol. The minimum Gasteiger partial charge on any atom is -0.454 e. The first kappa shape index (κ1) is 10.6. The third-order valence-corrected chi connectivity index (χ3v) is 2.35. The van der Waals surface area contributed by atoms with Gasteiger partial charge in [-0.05, 0) is 6.92 Å². The van der Waals surface area contributed by atoms with Crippen LogP contribution in [-0.4, -0.2) is 38.4 Å². The van der Waals surface area contributed by atoms with Gasteiger partial charge in [0, 0.05) is 11.5 Å². The van der Waals surface area contributed by atoms with Crippen molar-refractivity contribution in [1.82, 2.24) is 0 Å². The molecule has 3 saturated heterocycles. The number of carbonyl (C=O) groups is 1. The molecule has 3 heterocycles. The Bertz CT molecular complexity index is 264. The van der Waals surface area contributed by atoms with Crippen LogP contribution in [-0.2, 0) is 23.7 Å². The van der Waals surface area contributed by atoms with Crippen LogP contribution in [0.1, 0.15) is 6.92 Å². The molecule has 3 aliphatic heterocycles. The van der Waals surface area contributed by atoms with E-state index in [4.69, 9.17) is 18.9 Å². The van der Waals surface area contributed by atoms with Gasteiger partial charge in [0.05, 0.1) is 19.8 Å². The standard InChI is InChI=1S/C10H14O5/c1-7(2)9(11)12-6-10-13-3-8(4-14-10)5-15-10/h8H,1,3-6H2,2H3. The zero-order chi connectivity index (χ0) is 10.9. The third kappa shape index (κ3) is 2.19. The van der Waals surface area contributed by atoms with Gasteiger partial charge in [0.15, 0.2) is 6.61 Å². The lowest BCUT2D eigenvalue weighted by Gasteiger charge is -2.44. The molecule has 0 aromatic heterocycles. The Labute approximate surface area is 87.9 Å². The summed E-state index contributed by atoms with van der Waals surface area (Å²) in [4.78, 5) is 11.2. The number of fused-ring (bicyclic) bond motifs is 3. The minimum absolute atomic E-state index is 0.0502. The van der Waals surface area contributed by atoms with E-state index in [-0.39, 0.29) is 6.61 Å². The molecule has 0 unspecified atom stereocenters. The van der Waals surface area contributed by atoms with Gasteiger partial charge in [-0.1, -0.05) is 6.58 Å². The van der Waals surface area contributed by atoms with Gasteiger partial charge in [-0.25, -0.2) is 4.79 Å². The molecule has 2 bridgehead atoms. The van der Waals surface area contributed by atoms with Crippen molar-refractivity contribution in [2.75, 3.05) is 26.4 Å². The van der Waals surface area contributed by atoms with Gasteiger partial charge in [-0.15, -0.1) is 0 Å². The van der Waals surface area contributed by atoms with Crippen molar-refractivity contribution in [3.8, 4) is 0 Å². The largest absolute Gasteiger partial charge is 0.454 e. The van der Waals surface area contributed by atoms with Crippen molar-refractivity contribution in [3.63, 3.8) is 0 Å². The number of hydrogen-bond acceptors (Lipinski definition) is 5. The number of ether oxygens (including phenoxy) is 4. The second-order valence-corrected chi connectivity index (χ2v) is 3.84. The van der Waals surface area contributed by atoms with Crippen LogP contribution >= 0.6 is 0 Å². The molecule has 0 aliphatic carbocycles. The Morgan fingerprint density at radius 2 is 1.93 bits per heavy atom. The number of carbonyl (C=O) groups excluding carboxylic acids is 1. The van der Waals surface area contributed by atoms with E-state index < -0.39 is 11.9 Å². The summed E-state index contributed by atoms with van der Waals surface area (Å²) in [5, 5.41) is 0. The molecule has 0 spiro atoms. The molecule has 84 valence electrons. The Morgan fingerprint density at radius 1 is 1.40 bits per heavy atom. The Balaban J connectivity index is 1.87. The van der Waals surface area contributed by atoms with Crippen LogP contribution in [0, 0.1) is 5.92 Å². The van der Waals surface area contributed by atoms with Crippen LogP contribution in [0.3, 0.4) is 0 Å². The summed E-state index contributed by atoms with van der Waals surface area (Å²) in [6.45, 7) is 6.78. The molecule has 5 nitrogen and oxygen atoms in total. The summed E-state index contributed by atoms with van der Waals surface area (Å²) in [6, 6.07) is 0. The Kier molecular flexibility index (Phi) is 2.77. The van der Waals surface area contributed by atoms with Crippen LogP contribution in [0.5, 0.6) is 0 Å². The summed E-state index contributed by atoms with van der Waals surface area (Å²) in [6.07, 6.45) is 0. The van der Waals surface area contributed by atoms with Crippen LogP contribution in [0.25, 0.3) is 0 Å². The smallest absolute Gasteiger partial charge is 0.333 e. The monoisotopic (exact) mass is 214 g/mol.